The van der Waals surface area contributed by atoms with Crippen molar-refractivity contribution in [3.63, 3.8) is 0 Å². The molecule has 88 valence electrons. The van der Waals surface area contributed by atoms with Gasteiger partial charge in [0.25, 0.3) is 0 Å². The Balaban J connectivity index is 1.86. The average Bonchev–Trinajstić information content (AvgIpc) is 3.00. The van der Waals surface area contributed by atoms with Gasteiger partial charge in [0, 0.05) is 10.9 Å². The SMILES string of the molecule is Oc1ccc(-c2nc([C@@H]3CCCN3)cs2)cc1. The number of aromatic nitrogens is 1. The first-order valence-electron chi connectivity index (χ1n) is 5.81. The molecule has 3 nitrogen and oxygen atoms in total. The molecule has 1 aliphatic heterocycles. The number of hydrogen-bond donors (Lipinski definition) is 2. The zero-order valence-corrected chi connectivity index (χ0v) is 10.2. The molecule has 4 heteroatoms. The summed E-state index contributed by atoms with van der Waals surface area (Å²) >= 11 is 1.66. The van der Waals surface area contributed by atoms with E-state index in [1.54, 1.807) is 23.5 Å². The number of nitrogens with one attached hydrogen (secondary N) is 1. The summed E-state index contributed by atoms with van der Waals surface area (Å²) < 4.78 is 0. The highest BCUT2D eigenvalue weighted by molar-refractivity contribution is 7.13. The highest BCUT2D eigenvalue weighted by Crippen LogP contribution is 2.30. The quantitative estimate of drug-likeness (QED) is 0.856. The Hall–Kier alpha value is -1.39. The third-order valence-electron chi connectivity index (χ3n) is 3.05. The molecule has 2 aromatic rings. The van der Waals surface area contributed by atoms with Gasteiger partial charge in [-0.25, -0.2) is 4.98 Å². The number of rotatable bonds is 2. The second-order valence-electron chi connectivity index (χ2n) is 4.27. The molecule has 0 unspecified atom stereocenters. The number of phenolic OH excluding ortho intramolecular Hbond substituents is 1. The molecule has 0 aliphatic carbocycles. The van der Waals surface area contributed by atoms with Crippen LogP contribution in [0.1, 0.15) is 24.6 Å². The molecule has 1 atom stereocenters. The summed E-state index contributed by atoms with van der Waals surface area (Å²) in [5.41, 5.74) is 2.22. The number of benzene rings is 1. The minimum absolute atomic E-state index is 0.294. The number of thiazole rings is 1. The van der Waals surface area contributed by atoms with Crippen molar-refractivity contribution in [2.24, 2.45) is 0 Å². The van der Waals surface area contributed by atoms with Crippen LogP contribution in [0.25, 0.3) is 10.6 Å². The van der Waals surface area contributed by atoms with E-state index in [0.29, 0.717) is 11.8 Å². The lowest BCUT2D eigenvalue weighted by atomic mass is 10.2. The lowest BCUT2D eigenvalue weighted by Gasteiger charge is -2.05. The van der Waals surface area contributed by atoms with Crippen molar-refractivity contribution >= 4 is 11.3 Å². The summed E-state index contributed by atoms with van der Waals surface area (Å²) in [5.74, 6) is 0.294. The molecule has 3 rings (SSSR count). The van der Waals surface area contributed by atoms with Crippen LogP contribution in [-0.2, 0) is 0 Å². The highest BCUT2D eigenvalue weighted by Gasteiger charge is 2.19. The lowest BCUT2D eigenvalue weighted by molar-refractivity contribution is 0.475. The maximum atomic E-state index is 9.25. The van der Waals surface area contributed by atoms with Gasteiger partial charge < -0.3 is 10.4 Å². The van der Waals surface area contributed by atoms with E-state index in [0.717, 1.165) is 22.8 Å². The Morgan fingerprint density at radius 3 is 2.82 bits per heavy atom. The number of hydrogen-bond acceptors (Lipinski definition) is 4. The first kappa shape index (κ1) is 10.7. The van der Waals surface area contributed by atoms with Crippen LogP contribution in [0, 0.1) is 0 Å². The summed E-state index contributed by atoms with van der Waals surface area (Å²) in [6, 6.07) is 7.63. The van der Waals surface area contributed by atoms with Crippen LogP contribution in [0.5, 0.6) is 5.75 Å². The summed E-state index contributed by atoms with van der Waals surface area (Å²) in [6.07, 6.45) is 2.41. The molecular weight excluding hydrogens is 232 g/mol. The number of aromatic hydroxyl groups is 1. The van der Waals surface area contributed by atoms with Gasteiger partial charge in [-0.3, -0.25) is 0 Å². The van der Waals surface area contributed by atoms with Gasteiger partial charge in [0.1, 0.15) is 10.8 Å². The third-order valence-corrected chi connectivity index (χ3v) is 3.96. The van der Waals surface area contributed by atoms with Crippen LogP contribution in [0.3, 0.4) is 0 Å². The van der Waals surface area contributed by atoms with Gasteiger partial charge >= 0.3 is 0 Å². The van der Waals surface area contributed by atoms with Crippen LogP contribution in [0.2, 0.25) is 0 Å². The van der Waals surface area contributed by atoms with E-state index in [1.165, 1.54) is 12.8 Å². The zero-order valence-electron chi connectivity index (χ0n) is 9.39. The smallest absolute Gasteiger partial charge is 0.123 e. The Labute approximate surface area is 104 Å². The minimum atomic E-state index is 0.294. The van der Waals surface area contributed by atoms with E-state index in [1.807, 2.05) is 12.1 Å². The Kier molecular flexibility index (Phi) is 2.82. The van der Waals surface area contributed by atoms with Gasteiger partial charge in [-0.2, -0.15) is 0 Å². The van der Waals surface area contributed by atoms with Gasteiger partial charge in [-0.05, 0) is 43.7 Å². The van der Waals surface area contributed by atoms with Crippen molar-refractivity contribution in [1.29, 1.82) is 0 Å². The predicted molar refractivity (Wildman–Crippen MR) is 69.2 cm³/mol. The summed E-state index contributed by atoms with van der Waals surface area (Å²) in [6.45, 7) is 1.09. The molecule has 0 bridgehead atoms. The molecule has 1 aliphatic rings. The fourth-order valence-corrected chi connectivity index (χ4v) is 3.00. The number of phenols is 1. The normalized spacial score (nSPS) is 19.6. The molecule has 2 heterocycles. The first-order valence-corrected chi connectivity index (χ1v) is 6.69. The highest BCUT2D eigenvalue weighted by atomic mass is 32.1. The summed E-state index contributed by atoms with van der Waals surface area (Å²) in [4.78, 5) is 4.67. The molecule has 2 N–H and O–H groups in total. The van der Waals surface area contributed by atoms with Crippen LogP contribution < -0.4 is 5.32 Å². The summed E-state index contributed by atoms with van der Waals surface area (Å²) in [7, 11) is 0. The number of nitrogens with zero attached hydrogens (tertiary/aromatic N) is 1. The van der Waals surface area contributed by atoms with Crippen LogP contribution in [0.4, 0.5) is 0 Å². The van der Waals surface area contributed by atoms with Gasteiger partial charge in [0.05, 0.1) is 11.7 Å². The van der Waals surface area contributed by atoms with E-state index in [-0.39, 0.29) is 0 Å². The Morgan fingerprint density at radius 2 is 2.12 bits per heavy atom. The van der Waals surface area contributed by atoms with Crippen molar-refractivity contribution in [3.05, 3.63) is 35.3 Å². The molecule has 0 spiro atoms. The second kappa shape index (κ2) is 4.47. The van der Waals surface area contributed by atoms with Gasteiger partial charge in [-0.1, -0.05) is 0 Å². The van der Waals surface area contributed by atoms with Crippen molar-refractivity contribution < 1.29 is 5.11 Å². The van der Waals surface area contributed by atoms with Crippen molar-refractivity contribution in [1.82, 2.24) is 10.3 Å². The molecule has 0 saturated carbocycles. The van der Waals surface area contributed by atoms with E-state index in [9.17, 15) is 5.11 Å². The van der Waals surface area contributed by atoms with E-state index in [2.05, 4.69) is 15.7 Å². The fraction of sp³-hybridized carbons (Fsp3) is 0.308. The van der Waals surface area contributed by atoms with Crippen LogP contribution in [-0.4, -0.2) is 16.6 Å². The molecule has 1 aromatic heterocycles. The topological polar surface area (TPSA) is 45.2 Å². The van der Waals surface area contributed by atoms with Gasteiger partial charge in [-0.15, -0.1) is 11.3 Å². The molecule has 1 saturated heterocycles. The van der Waals surface area contributed by atoms with E-state index in [4.69, 9.17) is 0 Å². The molecule has 1 aromatic carbocycles. The average molecular weight is 246 g/mol. The molecule has 1 fully saturated rings. The first-order chi connectivity index (χ1) is 8.33. The third kappa shape index (κ3) is 2.18. The van der Waals surface area contributed by atoms with Crippen molar-refractivity contribution in [2.45, 2.75) is 18.9 Å². The van der Waals surface area contributed by atoms with Crippen LogP contribution in [0.15, 0.2) is 29.6 Å². The monoisotopic (exact) mass is 246 g/mol. The molecular formula is C13H14N2OS. The minimum Gasteiger partial charge on any atom is -0.508 e. The molecule has 0 amide bonds. The maximum absolute atomic E-state index is 9.25. The Bertz CT molecular complexity index is 500. The van der Waals surface area contributed by atoms with Crippen LogP contribution >= 0.6 is 11.3 Å². The summed E-state index contributed by atoms with van der Waals surface area (Å²) in [5, 5.41) is 15.9. The van der Waals surface area contributed by atoms with Gasteiger partial charge in [0.2, 0.25) is 0 Å². The molecule has 0 radical (unpaired) electrons. The van der Waals surface area contributed by atoms with E-state index < -0.39 is 0 Å². The zero-order chi connectivity index (χ0) is 11.7. The van der Waals surface area contributed by atoms with Crippen molar-refractivity contribution in [3.8, 4) is 16.3 Å². The van der Waals surface area contributed by atoms with Gasteiger partial charge in [0.15, 0.2) is 0 Å². The second-order valence-corrected chi connectivity index (χ2v) is 5.13. The largest absolute Gasteiger partial charge is 0.508 e. The Morgan fingerprint density at radius 1 is 1.29 bits per heavy atom. The predicted octanol–water partition coefficient (Wildman–Crippen LogP) is 2.94. The maximum Gasteiger partial charge on any atom is 0.123 e. The lowest BCUT2D eigenvalue weighted by Crippen LogP contribution is -2.12. The molecule has 17 heavy (non-hydrogen) atoms. The fourth-order valence-electron chi connectivity index (χ4n) is 2.12. The van der Waals surface area contributed by atoms with E-state index >= 15 is 0 Å². The van der Waals surface area contributed by atoms with Crippen molar-refractivity contribution in [2.75, 3.05) is 6.54 Å². The standard InChI is InChI=1S/C13H14N2OS/c16-10-5-3-9(4-6-10)13-15-12(8-17-13)11-2-1-7-14-11/h3-6,8,11,14,16H,1-2,7H2/t11-/m0/s1.